The van der Waals surface area contributed by atoms with Crippen LogP contribution in [0.3, 0.4) is 0 Å². The highest BCUT2D eigenvalue weighted by atomic mass is 16.5. The SMILES string of the molecule is [N-]=[N+]=N[C@@H]1CC[C@H](NC(=O)OCc2ccccc2)C1. The monoisotopic (exact) mass is 260 g/mol. The molecule has 6 heteroatoms. The van der Waals surface area contributed by atoms with Gasteiger partial charge in [0.2, 0.25) is 0 Å². The van der Waals surface area contributed by atoms with Crippen molar-refractivity contribution in [3.63, 3.8) is 0 Å². The van der Waals surface area contributed by atoms with Crippen molar-refractivity contribution < 1.29 is 9.53 Å². The summed E-state index contributed by atoms with van der Waals surface area (Å²) >= 11 is 0. The molecular formula is C13H16N4O2. The Balaban J connectivity index is 1.72. The van der Waals surface area contributed by atoms with E-state index in [9.17, 15) is 4.79 Å². The summed E-state index contributed by atoms with van der Waals surface area (Å²) in [5.74, 6) is 0. The lowest BCUT2D eigenvalue weighted by atomic mass is 10.2. The van der Waals surface area contributed by atoms with Gasteiger partial charge in [0.1, 0.15) is 6.61 Å². The van der Waals surface area contributed by atoms with Gasteiger partial charge in [0.25, 0.3) is 0 Å². The third-order valence-corrected chi connectivity index (χ3v) is 3.15. The Morgan fingerprint density at radius 3 is 2.95 bits per heavy atom. The predicted octanol–water partition coefficient (Wildman–Crippen LogP) is 3.14. The van der Waals surface area contributed by atoms with Crippen molar-refractivity contribution in [3.05, 3.63) is 46.3 Å². The number of nitrogens with one attached hydrogen (secondary N) is 1. The maximum absolute atomic E-state index is 11.6. The van der Waals surface area contributed by atoms with Gasteiger partial charge in [-0.05, 0) is 30.4 Å². The number of benzene rings is 1. The number of hydrogen-bond donors (Lipinski definition) is 1. The molecule has 1 amide bonds. The molecule has 0 bridgehead atoms. The number of ether oxygens (including phenoxy) is 1. The molecule has 0 heterocycles. The first-order valence-corrected chi connectivity index (χ1v) is 6.29. The number of carbonyl (C=O) groups excluding carboxylic acids is 1. The largest absolute Gasteiger partial charge is 0.445 e. The third-order valence-electron chi connectivity index (χ3n) is 3.15. The molecule has 1 saturated carbocycles. The summed E-state index contributed by atoms with van der Waals surface area (Å²) in [5.41, 5.74) is 9.31. The minimum Gasteiger partial charge on any atom is -0.445 e. The highest BCUT2D eigenvalue weighted by Gasteiger charge is 2.25. The van der Waals surface area contributed by atoms with Gasteiger partial charge < -0.3 is 10.1 Å². The molecule has 1 aromatic carbocycles. The van der Waals surface area contributed by atoms with Crippen LogP contribution in [0, 0.1) is 0 Å². The second kappa shape index (κ2) is 6.66. The second-order valence-electron chi connectivity index (χ2n) is 4.57. The van der Waals surface area contributed by atoms with E-state index in [1.165, 1.54) is 0 Å². The third kappa shape index (κ3) is 4.19. The summed E-state index contributed by atoms with van der Waals surface area (Å²) in [4.78, 5) is 14.4. The van der Waals surface area contributed by atoms with E-state index in [1.807, 2.05) is 30.3 Å². The van der Waals surface area contributed by atoms with Crippen LogP contribution in [0.2, 0.25) is 0 Å². The van der Waals surface area contributed by atoms with Crippen LogP contribution in [-0.2, 0) is 11.3 Å². The Morgan fingerprint density at radius 2 is 2.21 bits per heavy atom. The Kier molecular flexibility index (Phi) is 4.64. The molecule has 1 fully saturated rings. The Morgan fingerprint density at radius 1 is 1.42 bits per heavy atom. The fraction of sp³-hybridized carbons (Fsp3) is 0.462. The van der Waals surface area contributed by atoms with Gasteiger partial charge >= 0.3 is 6.09 Å². The molecule has 0 radical (unpaired) electrons. The Bertz CT molecular complexity index is 471. The van der Waals surface area contributed by atoms with E-state index >= 15 is 0 Å². The number of carbonyl (C=O) groups is 1. The van der Waals surface area contributed by atoms with Crippen molar-refractivity contribution >= 4 is 6.09 Å². The number of amides is 1. The van der Waals surface area contributed by atoms with Crippen molar-refractivity contribution in [2.24, 2.45) is 5.11 Å². The molecule has 19 heavy (non-hydrogen) atoms. The zero-order valence-corrected chi connectivity index (χ0v) is 10.5. The molecule has 100 valence electrons. The number of nitrogens with zero attached hydrogens (tertiary/aromatic N) is 3. The molecule has 0 saturated heterocycles. The fourth-order valence-corrected chi connectivity index (χ4v) is 2.20. The van der Waals surface area contributed by atoms with E-state index in [2.05, 4.69) is 15.3 Å². The topological polar surface area (TPSA) is 87.1 Å². The maximum Gasteiger partial charge on any atom is 0.407 e. The normalized spacial score (nSPS) is 21.5. The van der Waals surface area contributed by atoms with Crippen molar-refractivity contribution in [3.8, 4) is 0 Å². The van der Waals surface area contributed by atoms with Gasteiger partial charge in [-0.2, -0.15) is 0 Å². The number of rotatable bonds is 4. The lowest BCUT2D eigenvalue weighted by molar-refractivity contribution is 0.136. The Labute approximate surface area is 111 Å². The van der Waals surface area contributed by atoms with Crippen LogP contribution in [0.4, 0.5) is 4.79 Å². The number of hydrogen-bond acceptors (Lipinski definition) is 3. The van der Waals surface area contributed by atoms with Gasteiger partial charge in [-0.15, -0.1) is 0 Å². The summed E-state index contributed by atoms with van der Waals surface area (Å²) < 4.78 is 5.13. The molecular weight excluding hydrogens is 244 g/mol. The molecule has 6 nitrogen and oxygen atoms in total. The van der Waals surface area contributed by atoms with Gasteiger partial charge in [-0.1, -0.05) is 35.4 Å². The zero-order chi connectivity index (χ0) is 13.5. The molecule has 2 rings (SSSR count). The van der Waals surface area contributed by atoms with Crippen molar-refractivity contribution in [1.82, 2.24) is 5.32 Å². The summed E-state index contributed by atoms with van der Waals surface area (Å²) in [6.07, 6.45) is 1.90. The standard InChI is InChI=1S/C13H16N4O2/c14-17-16-12-7-6-11(8-12)15-13(18)19-9-10-4-2-1-3-5-10/h1-5,11-12H,6-9H2,(H,15,18)/t11-,12+/m0/s1. The quantitative estimate of drug-likeness (QED) is 0.512. The molecule has 2 atom stereocenters. The average Bonchev–Trinajstić information content (AvgIpc) is 2.85. The van der Waals surface area contributed by atoms with Crippen molar-refractivity contribution in [2.45, 2.75) is 38.0 Å². The molecule has 1 aliphatic rings. The van der Waals surface area contributed by atoms with Crippen LogP contribution in [0.15, 0.2) is 35.4 Å². The lowest BCUT2D eigenvalue weighted by Gasteiger charge is -2.12. The van der Waals surface area contributed by atoms with Crippen molar-refractivity contribution in [2.75, 3.05) is 0 Å². The van der Waals surface area contributed by atoms with E-state index in [-0.39, 0.29) is 18.7 Å². The van der Waals surface area contributed by atoms with Crippen LogP contribution in [0.5, 0.6) is 0 Å². The summed E-state index contributed by atoms with van der Waals surface area (Å²) in [6.45, 7) is 0.263. The minimum atomic E-state index is -0.421. The van der Waals surface area contributed by atoms with Gasteiger partial charge in [-0.25, -0.2) is 4.79 Å². The molecule has 1 N–H and O–H groups in total. The van der Waals surface area contributed by atoms with E-state index < -0.39 is 6.09 Å². The molecule has 0 aromatic heterocycles. The fourth-order valence-electron chi connectivity index (χ4n) is 2.20. The Hall–Kier alpha value is -2.20. The van der Waals surface area contributed by atoms with Gasteiger partial charge in [-0.3, -0.25) is 0 Å². The highest BCUT2D eigenvalue weighted by molar-refractivity contribution is 5.67. The minimum absolute atomic E-state index is 0.00979. The van der Waals surface area contributed by atoms with E-state index in [4.69, 9.17) is 10.3 Å². The van der Waals surface area contributed by atoms with Gasteiger partial charge in [0, 0.05) is 17.0 Å². The molecule has 1 aliphatic carbocycles. The van der Waals surface area contributed by atoms with Gasteiger partial charge in [0.05, 0.1) is 0 Å². The second-order valence-corrected chi connectivity index (χ2v) is 4.57. The van der Waals surface area contributed by atoms with Gasteiger partial charge in [0.15, 0.2) is 0 Å². The molecule has 0 spiro atoms. The van der Waals surface area contributed by atoms with Crippen LogP contribution in [-0.4, -0.2) is 18.2 Å². The summed E-state index contributed by atoms with van der Waals surface area (Å²) in [5, 5.41) is 6.46. The highest BCUT2D eigenvalue weighted by Crippen LogP contribution is 2.22. The van der Waals surface area contributed by atoms with Crippen LogP contribution >= 0.6 is 0 Å². The molecule has 0 aliphatic heterocycles. The average molecular weight is 260 g/mol. The number of azide groups is 1. The maximum atomic E-state index is 11.6. The van der Waals surface area contributed by atoms with E-state index in [0.717, 1.165) is 18.4 Å². The lowest BCUT2D eigenvalue weighted by Crippen LogP contribution is -2.33. The van der Waals surface area contributed by atoms with Crippen molar-refractivity contribution in [1.29, 1.82) is 0 Å². The summed E-state index contributed by atoms with van der Waals surface area (Å²) in [6, 6.07) is 9.55. The number of alkyl carbamates (subject to hydrolysis) is 1. The molecule has 1 aromatic rings. The summed E-state index contributed by atoms with van der Waals surface area (Å²) in [7, 11) is 0. The van der Waals surface area contributed by atoms with E-state index in [0.29, 0.717) is 6.42 Å². The van der Waals surface area contributed by atoms with Crippen LogP contribution < -0.4 is 5.32 Å². The molecule has 0 unspecified atom stereocenters. The zero-order valence-electron chi connectivity index (χ0n) is 10.5. The first kappa shape index (κ1) is 13.2. The predicted molar refractivity (Wildman–Crippen MR) is 70.3 cm³/mol. The van der Waals surface area contributed by atoms with Crippen LogP contribution in [0.1, 0.15) is 24.8 Å². The van der Waals surface area contributed by atoms with E-state index in [1.54, 1.807) is 0 Å². The van der Waals surface area contributed by atoms with Crippen LogP contribution in [0.25, 0.3) is 10.4 Å². The smallest absolute Gasteiger partial charge is 0.407 e. The first-order valence-electron chi connectivity index (χ1n) is 6.29. The first-order chi connectivity index (χ1) is 9.28.